The lowest BCUT2D eigenvalue weighted by Crippen LogP contribution is -2.32. The molecule has 1 heterocycles. The van der Waals surface area contributed by atoms with E-state index in [4.69, 9.17) is 5.73 Å². The molecule has 0 aliphatic heterocycles. The first-order valence-corrected chi connectivity index (χ1v) is 8.31. The summed E-state index contributed by atoms with van der Waals surface area (Å²) in [6.45, 7) is 0. The molecule has 0 radical (unpaired) electrons. The van der Waals surface area contributed by atoms with E-state index in [1.165, 1.54) is 0 Å². The number of hydrogen-bond acceptors (Lipinski definition) is 5. The van der Waals surface area contributed by atoms with E-state index in [1.54, 1.807) is 11.3 Å². The summed E-state index contributed by atoms with van der Waals surface area (Å²) >= 11 is 1.61. The molecule has 1 rings (SSSR count). The monoisotopic (exact) mass is 275 g/mol. The van der Waals surface area contributed by atoms with Gasteiger partial charge in [0.15, 0.2) is 0 Å². The van der Waals surface area contributed by atoms with E-state index in [0.717, 1.165) is 11.1 Å². The highest BCUT2D eigenvalue weighted by atomic mass is 32.2. The number of Topliss-reactive ketones (excluding diaryl/α,β-unsaturated/α-hetero) is 1. The van der Waals surface area contributed by atoms with Gasteiger partial charge in [0.05, 0.1) is 11.8 Å². The Kier molecular flexibility index (Phi) is 5.30. The van der Waals surface area contributed by atoms with Crippen molar-refractivity contribution < 1.29 is 13.2 Å². The van der Waals surface area contributed by atoms with Crippen LogP contribution in [0.2, 0.25) is 0 Å². The second-order valence-electron chi connectivity index (χ2n) is 4.07. The number of ketones is 1. The molecule has 0 aliphatic carbocycles. The van der Waals surface area contributed by atoms with Crippen LogP contribution in [0.5, 0.6) is 0 Å². The molecule has 0 spiro atoms. The maximum absolute atomic E-state index is 11.6. The molecule has 1 unspecified atom stereocenters. The minimum Gasteiger partial charge on any atom is -0.321 e. The molecule has 0 aromatic carbocycles. The van der Waals surface area contributed by atoms with Crippen LogP contribution in [0.25, 0.3) is 0 Å². The van der Waals surface area contributed by atoms with Gasteiger partial charge in [-0.15, -0.1) is 11.3 Å². The van der Waals surface area contributed by atoms with Gasteiger partial charge in [0.1, 0.15) is 15.6 Å². The van der Waals surface area contributed by atoms with Crippen LogP contribution in [0.4, 0.5) is 0 Å². The van der Waals surface area contributed by atoms with Crippen LogP contribution in [-0.2, 0) is 21.1 Å². The zero-order valence-corrected chi connectivity index (χ0v) is 11.4. The van der Waals surface area contributed by atoms with Gasteiger partial charge in [0.2, 0.25) is 0 Å². The fraction of sp³-hybridized carbons (Fsp3) is 0.545. The van der Waals surface area contributed by atoms with Crippen LogP contribution in [0, 0.1) is 0 Å². The molecular weight excluding hydrogens is 258 g/mol. The van der Waals surface area contributed by atoms with E-state index in [-0.39, 0.29) is 18.0 Å². The maximum Gasteiger partial charge on any atom is 0.149 e. The SMILES string of the molecule is CS(=O)(=O)CCC(N)C(=O)CCc1cccs1. The molecule has 0 saturated heterocycles. The van der Waals surface area contributed by atoms with Crippen molar-refractivity contribution in [3.8, 4) is 0 Å². The van der Waals surface area contributed by atoms with Crippen molar-refractivity contribution in [2.24, 2.45) is 5.73 Å². The Bertz CT molecular complexity index is 451. The van der Waals surface area contributed by atoms with Gasteiger partial charge < -0.3 is 5.73 Å². The van der Waals surface area contributed by atoms with Crippen LogP contribution in [0.1, 0.15) is 17.7 Å². The highest BCUT2D eigenvalue weighted by molar-refractivity contribution is 7.90. The molecule has 0 saturated carbocycles. The van der Waals surface area contributed by atoms with Crippen molar-refractivity contribution in [2.45, 2.75) is 25.3 Å². The molecule has 0 amide bonds. The first-order valence-electron chi connectivity index (χ1n) is 5.37. The second-order valence-corrected chi connectivity index (χ2v) is 7.36. The van der Waals surface area contributed by atoms with Crippen LogP contribution >= 0.6 is 11.3 Å². The molecule has 17 heavy (non-hydrogen) atoms. The lowest BCUT2D eigenvalue weighted by Gasteiger charge is -2.09. The van der Waals surface area contributed by atoms with Gasteiger partial charge in [-0.05, 0) is 24.3 Å². The number of aryl methyl sites for hydroxylation is 1. The van der Waals surface area contributed by atoms with Crippen LogP contribution in [0.15, 0.2) is 17.5 Å². The van der Waals surface area contributed by atoms with Crippen LogP contribution in [0.3, 0.4) is 0 Å². The summed E-state index contributed by atoms with van der Waals surface area (Å²) in [6, 6.07) is 3.25. The van der Waals surface area contributed by atoms with Crippen molar-refractivity contribution in [1.82, 2.24) is 0 Å². The largest absolute Gasteiger partial charge is 0.321 e. The second kappa shape index (κ2) is 6.28. The zero-order valence-electron chi connectivity index (χ0n) is 9.76. The number of nitrogens with two attached hydrogens (primary N) is 1. The van der Waals surface area contributed by atoms with Gasteiger partial charge in [-0.3, -0.25) is 4.79 Å². The molecule has 1 atom stereocenters. The minimum atomic E-state index is -3.04. The van der Waals surface area contributed by atoms with Gasteiger partial charge in [0.25, 0.3) is 0 Å². The normalized spacial score (nSPS) is 13.5. The quantitative estimate of drug-likeness (QED) is 0.805. The highest BCUT2D eigenvalue weighted by Gasteiger charge is 2.15. The average molecular weight is 275 g/mol. The van der Waals surface area contributed by atoms with Gasteiger partial charge in [-0.25, -0.2) is 8.42 Å². The van der Waals surface area contributed by atoms with Crippen LogP contribution in [-0.4, -0.2) is 32.3 Å². The fourth-order valence-electron chi connectivity index (χ4n) is 1.39. The summed E-state index contributed by atoms with van der Waals surface area (Å²) < 4.78 is 21.9. The lowest BCUT2D eigenvalue weighted by molar-refractivity contribution is -0.120. The Hall–Kier alpha value is -0.720. The summed E-state index contributed by atoms with van der Waals surface area (Å²) in [6.07, 6.45) is 2.42. The van der Waals surface area contributed by atoms with E-state index in [0.29, 0.717) is 12.8 Å². The molecule has 6 heteroatoms. The topological polar surface area (TPSA) is 77.2 Å². The predicted octanol–water partition coefficient (Wildman–Crippen LogP) is 1.01. The molecule has 1 aromatic heterocycles. The maximum atomic E-state index is 11.6. The number of carbonyl (C=O) groups excluding carboxylic acids is 1. The van der Waals surface area contributed by atoms with Crippen molar-refractivity contribution in [3.05, 3.63) is 22.4 Å². The van der Waals surface area contributed by atoms with E-state index < -0.39 is 15.9 Å². The average Bonchev–Trinajstić information content (AvgIpc) is 2.74. The lowest BCUT2D eigenvalue weighted by atomic mass is 10.1. The van der Waals surface area contributed by atoms with E-state index in [9.17, 15) is 13.2 Å². The van der Waals surface area contributed by atoms with E-state index in [1.807, 2.05) is 17.5 Å². The standard InChI is InChI=1S/C11H17NO3S2/c1-17(14,15)8-6-10(12)11(13)5-4-9-3-2-7-16-9/h2-3,7,10H,4-6,8,12H2,1H3. The van der Waals surface area contributed by atoms with Crippen molar-refractivity contribution in [2.75, 3.05) is 12.0 Å². The first kappa shape index (κ1) is 14.3. The van der Waals surface area contributed by atoms with Crippen molar-refractivity contribution >= 4 is 27.0 Å². The van der Waals surface area contributed by atoms with Crippen molar-refractivity contribution in [3.63, 3.8) is 0 Å². The third-order valence-electron chi connectivity index (χ3n) is 2.41. The summed E-state index contributed by atoms with van der Waals surface area (Å²) in [5.41, 5.74) is 5.65. The Labute approximate surface area is 106 Å². The number of sulfone groups is 1. The summed E-state index contributed by atoms with van der Waals surface area (Å²) in [7, 11) is -3.04. The predicted molar refractivity (Wildman–Crippen MR) is 70.0 cm³/mol. The number of carbonyl (C=O) groups is 1. The van der Waals surface area contributed by atoms with Gasteiger partial charge >= 0.3 is 0 Å². The zero-order chi connectivity index (χ0) is 12.9. The summed E-state index contributed by atoms with van der Waals surface area (Å²) in [5.74, 6) is -0.0964. The number of thiophene rings is 1. The van der Waals surface area contributed by atoms with Gasteiger partial charge in [-0.2, -0.15) is 0 Å². The molecule has 0 bridgehead atoms. The van der Waals surface area contributed by atoms with Crippen molar-refractivity contribution in [1.29, 1.82) is 0 Å². The van der Waals surface area contributed by atoms with Gasteiger partial charge in [-0.1, -0.05) is 6.07 Å². The molecular formula is C11H17NO3S2. The van der Waals surface area contributed by atoms with Crippen LogP contribution < -0.4 is 5.73 Å². The minimum absolute atomic E-state index is 0.0289. The molecule has 2 N–H and O–H groups in total. The molecule has 1 aromatic rings. The third-order valence-corrected chi connectivity index (χ3v) is 4.32. The fourth-order valence-corrected chi connectivity index (χ4v) is 2.78. The highest BCUT2D eigenvalue weighted by Crippen LogP contribution is 2.11. The van der Waals surface area contributed by atoms with E-state index >= 15 is 0 Å². The smallest absolute Gasteiger partial charge is 0.149 e. The Morgan fingerprint density at radius 1 is 1.53 bits per heavy atom. The molecule has 4 nitrogen and oxygen atoms in total. The van der Waals surface area contributed by atoms with E-state index in [2.05, 4.69) is 0 Å². The molecule has 96 valence electrons. The summed E-state index contributed by atoms with van der Waals surface area (Å²) in [4.78, 5) is 12.8. The number of hydrogen-bond donors (Lipinski definition) is 1. The molecule has 0 fully saturated rings. The number of rotatable bonds is 7. The Morgan fingerprint density at radius 2 is 2.24 bits per heavy atom. The molecule has 0 aliphatic rings. The summed E-state index contributed by atoms with van der Waals surface area (Å²) in [5, 5.41) is 1.96. The third kappa shape index (κ3) is 5.95. The Balaban J connectivity index is 2.32. The first-order chi connectivity index (χ1) is 7.88. The Morgan fingerprint density at radius 3 is 2.76 bits per heavy atom. The van der Waals surface area contributed by atoms with Gasteiger partial charge in [0, 0.05) is 17.6 Å².